The Balaban J connectivity index is 2.79. The van der Waals surface area contributed by atoms with E-state index in [-0.39, 0.29) is 11.4 Å². The summed E-state index contributed by atoms with van der Waals surface area (Å²) in [6, 6.07) is 4.27. The monoisotopic (exact) mass is 205 g/mol. The van der Waals surface area contributed by atoms with Gasteiger partial charge in [0.05, 0.1) is 6.07 Å². The average Bonchev–Trinajstić information content (AvgIpc) is 2.26. The zero-order chi connectivity index (χ0) is 11.3. The van der Waals surface area contributed by atoms with E-state index < -0.39 is 11.9 Å². The number of aromatic hydroxyl groups is 1. The van der Waals surface area contributed by atoms with E-state index in [1.54, 1.807) is 6.92 Å². The Morgan fingerprint density at radius 2 is 2.53 bits per heavy atom. The third-order valence-corrected chi connectivity index (χ3v) is 1.87. The van der Waals surface area contributed by atoms with Crippen LogP contribution in [0.4, 0.5) is 0 Å². The Morgan fingerprint density at radius 1 is 1.80 bits per heavy atom. The Hall–Kier alpha value is -2.09. The molecule has 0 saturated carbocycles. The van der Waals surface area contributed by atoms with Crippen molar-refractivity contribution in [2.75, 3.05) is 0 Å². The number of hydrogen-bond donors (Lipinski definition) is 2. The molecular formula is C10H11N3O2. The van der Waals surface area contributed by atoms with Crippen LogP contribution in [0.5, 0.6) is 5.75 Å². The summed E-state index contributed by atoms with van der Waals surface area (Å²) >= 11 is 0. The number of nitrogens with one attached hydrogen (secondary N) is 1. The van der Waals surface area contributed by atoms with E-state index in [1.807, 2.05) is 6.07 Å². The standard InChI is InChI=1S/C10H11N3O2/c1-2-7(6-11)13-10(15)9-8(14)4-3-5-12-9/h3-5,7,14H,2H2,1H3,(H,13,15)/t7-/m1/s1. The summed E-state index contributed by atoms with van der Waals surface area (Å²) in [5, 5.41) is 20.4. The molecule has 0 aliphatic heterocycles. The highest BCUT2D eigenvalue weighted by atomic mass is 16.3. The van der Waals surface area contributed by atoms with Gasteiger partial charge in [0.15, 0.2) is 5.69 Å². The third kappa shape index (κ3) is 2.68. The molecule has 5 heteroatoms. The minimum absolute atomic E-state index is 0.0637. The topological polar surface area (TPSA) is 86.0 Å². The van der Waals surface area contributed by atoms with Crippen LogP contribution < -0.4 is 5.32 Å². The SMILES string of the molecule is CC[C@H](C#N)NC(=O)c1ncccc1O. The number of hydrogen-bond acceptors (Lipinski definition) is 4. The molecule has 1 heterocycles. The van der Waals surface area contributed by atoms with Gasteiger partial charge in [-0.05, 0) is 18.6 Å². The van der Waals surface area contributed by atoms with Gasteiger partial charge in [-0.2, -0.15) is 5.26 Å². The molecule has 0 fully saturated rings. The van der Waals surface area contributed by atoms with Gasteiger partial charge in [0.2, 0.25) is 0 Å². The number of nitriles is 1. The lowest BCUT2D eigenvalue weighted by Gasteiger charge is -2.08. The highest BCUT2D eigenvalue weighted by molar-refractivity contribution is 5.95. The van der Waals surface area contributed by atoms with Gasteiger partial charge in [0, 0.05) is 6.20 Å². The number of carbonyl (C=O) groups is 1. The zero-order valence-electron chi connectivity index (χ0n) is 8.27. The van der Waals surface area contributed by atoms with Crippen LogP contribution in [0.1, 0.15) is 23.8 Å². The van der Waals surface area contributed by atoms with E-state index in [2.05, 4.69) is 10.3 Å². The van der Waals surface area contributed by atoms with Crippen molar-refractivity contribution < 1.29 is 9.90 Å². The number of amides is 1. The van der Waals surface area contributed by atoms with Gasteiger partial charge in [-0.3, -0.25) is 4.79 Å². The average molecular weight is 205 g/mol. The molecular weight excluding hydrogens is 194 g/mol. The molecule has 0 aliphatic carbocycles. The second kappa shape index (κ2) is 4.96. The van der Waals surface area contributed by atoms with Crippen molar-refractivity contribution in [3.8, 4) is 11.8 Å². The first kappa shape index (κ1) is 11.0. The molecule has 0 aliphatic rings. The normalized spacial score (nSPS) is 11.5. The second-order valence-corrected chi connectivity index (χ2v) is 2.93. The summed E-state index contributed by atoms with van der Waals surface area (Å²) in [6.45, 7) is 1.78. The third-order valence-electron chi connectivity index (χ3n) is 1.87. The Morgan fingerprint density at radius 3 is 3.07 bits per heavy atom. The highest BCUT2D eigenvalue weighted by Gasteiger charge is 2.15. The number of rotatable bonds is 3. The van der Waals surface area contributed by atoms with Crippen molar-refractivity contribution in [1.29, 1.82) is 5.26 Å². The molecule has 0 saturated heterocycles. The van der Waals surface area contributed by atoms with E-state index in [4.69, 9.17) is 5.26 Å². The van der Waals surface area contributed by atoms with Crippen LogP contribution >= 0.6 is 0 Å². The highest BCUT2D eigenvalue weighted by Crippen LogP contribution is 2.12. The van der Waals surface area contributed by atoms with Crippen LogP contribution in [0.2, 0.25) is 0 Å². The predicted octanol–water partition coefficient (Wildman–Crippen LogP) is 0.819. The van der Waals surface area contributed by atoms with Crippen LogP contribution in [-0.4, -0.2) is 22.0 Å². The van der Waals surface area contributed by atoms with E-state index in [9.17, 15) is 9.90 Å². The van der Waals surface area contributed by atoms with Gasteiger partial charge in [0.1, 0.15) is 11.8 Å². The quantitative estimate of drug-likeness (QED) is 0.764. The van der Waals surface area contributed by atoms with E-state index in [0.29, 0.717) is 6.42 Å². The molecule has 1 atom stereocenters. The van der Waals surface area contributed by atoms with Gasteiger partial charge in [-0.15, -0.1) is 0 Å². The minimum Gasteiger partial charge on any atom is -0.505 e. The Kier molecular flexibility index (Phi) is 3.63. The molecule has 5 nitrogen and oxygen atoms in total. The van der Waals surface area contributed by atoms with Gasteiger partial charge < -0.3 is 10.4 Å². The number of nitrogens with zero attached hydrogens (tertiary/aromatic N) is 2. The summed E-state index contributed by atoms with van der Waals surface area (Å²) in [5.41, 5.74) is -0.0637. The minimum atomic E-state index is -0.557. The maximum atomic E-state index is 11.5. The molecule has 0 bridgehead atoms. The van der Waals surface area contributed by atoms with Gasteiger partial charge in [-0.1, -0.05) is 6.92 Å². The fourth-order valence-electron chi connectivity index (χ4n) is 1.02. The molecule has 1 amide bonds. The lowest BCUT2D eigenvalue weighted by atomic mass is 10.2. The fourth-order valence-corrected chi connectivity index (χ4v) is 1.02. The number of pyridine rings is 1. The fraction of sp³-hybridized carbons (Fsp3) is 0.300. The molecule has 1 rings (SSSR count). The molecule has 0 radical (unpaired) electrons. The first-order valence-electron chi connectivity index (χ1n) is 4.53. The summed E-state index contributed by atoms with van der Waals surface area (Å²) in [7, 11) is 0. The van der Waals surface area contributed by atoms with Crippen molar-refractivity contribution >= 4 is 5.91 Å². The van der Waals surface area contributed by atoms with E-state index in [1.165, 1.54) is 18.3 Å². The summed E-state index contributed by atoms with van der Waals surface area (Å²) < 4.78 is 0. The van der Waals surface area contributed by atoms with Crippen LogP contribution in [0.3, 0.4) is 0 Å². The van der Waals surface area contributed by atoms with Gasteiger partial charge in [0.25, 0.3) is 5.91 Å². The second-order valence-electron chi connectivity index (χ2n) is 2.93. The van der Waals surface area contributed by atoms with E-state index in [0.717, 1.165) is 0 Å². The zero-order valence-corrected chi connectivity index (χ0v) is 8.27. The maximum Gasteiger partial charge on any atom is 0.274 e. The van der Waals surface area contributed by atoms with E-state index >= 15 is 0 Å². The Labute approximate surface area is 87.4 Å². The number of carbonyl (C=O) groups excluding carboxylic acids is 1. The molecule has 0 aromatic carbocycles. The number of aromatic nitrogens is 1. The molecule has 78 valence electrons. The summed E-state index contributed by atoms with van der Waals surface area (Å²) in [4.78, 5) is 15.2. The molecule has 0 unspecified atom stereocenters. The molecule has 2 N–H and O–H groups in total. The Bertz CT molecular complexity index is 398. The summed E-state index contributed by atoms with van der Waals surface area (Å²) in [5.74, 6) is -0.732. The molecule has 15 heavy (non-hydrogen) atoms. The predicted molar refractivity (Wildman–Crippen MR) is 53.1 cm³/mol. The summed E-state index contributed by atoms with van der Waals surface area (Å²) in [6.07, 6.45) is 1.91. The first-order chi connectivity index (χ1) is 7.19. The molecule has 1 aromatic heterocycles. The van der Waals surface area contributed by atoms with Crippen LogP contribution in [0.15, 0.2) is 18.3 Å². The largest absolute Gasteiger partial charge is 0.505 e. The van der Waals surface area contributed by atoms with Crippen molar-refractivity contribution in [2.24, 2.45) is 0 Å². The molecule has 0 spiro atoms. The first-order valence-corrected chi connectivity index (χ1v) is 4.53. The van der Waals surface area contributed by atoms with Crippen LogP contribution in [-0.2, 0) is 0 Å². The van der Waals surface area contributed by atoms with Crippen molar-refractivity contribution in [3.05, 3.63) is 24.0 Å². The van der Waals surface area contributed by atoms with Crippen molar-refractivity contribution in [2.45, 2.75) is 19.4 Å². The lowest BCUT2D eigenvalue weighted by molar-refractivity contribution is 0.0936. The van der Waals surface area contributed by atoms with Crippen LogP contribution in [0, 0.1) is 11.3 Å². The molecule has 1 aromatic rings. The van der Waals surface area contributed by atoms with Crippen LogP contribution in [0.25, 0.3) is 0 Å². The van der Waals surface area contributed by atoms with Gasteiger partial charge >= 0.3 is 0 Å². The van der Waals surface area contributed by atoms with Crippen molar-refractivity contribution in [3.63, 3.8) is 0 Å². The smallest absolute Gasteiger partial charge is 0.274 e. The maximum absolute atomic E-state index is 11.5. The van der Waals surface area contributed by atoms with Gasteiger partial charge in [-0.25, -0.2) is 4.98 Å². The van der Waals surface area contributed by atoms with Crippen molar-refractivity contribution in [1.82, 2.24) is 10.3 Å². The lowest BCUT2D eigenvalue weighted by Crippen LogP contribution is -2.33.